The van der Waals surface area contributed by atoms with Crippen LogP contribution in [0.3, 0.4) is 0 Å². The predicted molar refractivity (Wildman–Crippen MR) is 125 cm³/mol. The summed E-state index contributed by atoms with van der Waals surface area (Å²) in [6.45, 7) is 2.10. The number of aryl methyl sites for hydroxylation is 1. The zero-order chi connectivity index (χ0) is 23.7. The van der Waals surface area contributed by atoms with E-state index in [0.29, 0.717) is 22.9 Å². The predicted octanol–water partition coefficient (Wildman–Crippen LogP) is 4.33. The molecule has 10 nitrogen and oxygen atoms in total. The summed E-state index contributed by atoms with van der Waals surface area (Å²) in [5.41, 5.74) is 2.12. The van der Waals surface area contributed by atoms with Gasteiger partial charge in [0.15, 0.2) is 11.5 Å². The summed E-state index contributed by atoms with van der Waals surface area (Å²) in [7, 11) is 0. The number of amides is 1. The molecule has 0 fully saturated rings. The lowest BCUT2D eigenvalue weighted by Gasteiger charge is -2.08. The first-order valence-electron chi connectivity index (χ1n) is 10.4. The van der Waals surface area contributed by atoms with Crippen LogP contribution in [0.5, 0.6) is 5.75 Å². The van der Waals surface area contributed by atoms with Crippen LogP contribution in [0.25, 0.3) is 16.4 Å². The summed E-state index contributed by atoms with van der Waals surface area (Å²) in [4.78, 5) is 22.8. The van der Waals surface area contributed by atoms with Crippen LogP contribution >= 0.6 is 0 Å². The molecular formula is C24H18N6O4. The third kappa shape index (κ3) is 3.99. The SMILES string of the molecule is Cc1nn2c(COc3ccc(NC(=O)c4cccc([N+](=O)[O-])c4)cc3)nnc2c2ccccc12. The molecule has 0 aliphatic rings. The molecule has 0 saturated heterocycles. The van der Waals surface area contributed by atoms with Crippen LogP contribution in [0.1, 0.15) is 21.9 Å². The molecule has 10 heteroatoms. The number of hydrogen-bond acceptors (Lipinski definition) is 7. The molecular weight excluding hydrogens is 436 g/mol. The molecule has 0 spiro atoms. The second-order valence-electron chi connectivity index (χ2n) is 7.56. The van der Waals surface area contributed by atoms with Crippen LogP contribution in [-0.2, 0) is 6.61 Å². The summed E-state index contributed by atoms with van der Waals surface area (Å²) in [6.07, 6.45) is 0. The first-order valence-corrected chi connectivity index (χ1v) is 10.4. The standard InChI is InChI=1S/C24H18N6O4/c1-15-20-7-2-3-8-21(20)23-27-26-22(29(23)28-15)14-34-19-11-9-17(10-12-19)25-24(31)16-5-4-6-18(13-16)30(32)33/h2-13H,14H2,1H3,(H,25,31). The van der Waals surface area contributed by atoms with Crippen LogP contribution in [0.2, 0.25) is 0 Å². The Balaban J connectivity index is 1.28. The van der Waals surface area contributed by atoms with Gasteiger partial charge >= 0.3 is 0 Å². The molecule has 0 aliphatic carbocycles. The number of carbonyl (C=O) groups is 1. The number of rotatable bonds is 6. The first kappa shape index (κ1) is 21.0. The van der Waals surface area contributed by atoms with E-state index >= 15 is 0 Å². The molecule has 2 heterocycles. The van der Waals surface area contributed by atoms with E-state index < -0.39 is 10.8 Å². The van der Waals surface area contributed by atoms with E-state index in [0.717, 1.165) is 16.5 Å². The van der Waals surface area contributed by atoms with Crippen molar-refractivity contribution in [2.24, 2.45) is 0 Å². The minimum Gasteiger partial charge on any atom is -0.486 e. The van der Waals surface area contributed by atoms with Crippen LogP contribution in [0.4, 0.5) is 11.4 Å². The second-order valence-corrected chi connectivity index (χ2v) is 7.56. The summed E-state index contributed by atoms with van der Waals surface area (Å²) < 4.78 is 7.53. The van der Waals surface area contributed by atoms with E-state index in [1.54, 1.807) is 28.8 Å². The van der Waals surface area contributed by atoms with E-state index in [2.05, 4.69) is 20.6 Å². The van der Waals surface area contributed by atoms with Crippen LogP contribution < -0.4 is 10.1 Å². The van der Waals surface area contributed by atoms with Crippen molar-refractivity contribution in [2.45, 2.75) is 13.5 Å². The monoisotopic (exact) mass is 454 g/mol. The van der Waals surface area contributed by atoms with Crippen molar-refractivity contribution >= 4 is 33.7 Å². The molecule has 0 aliphatic heterocycles. The van der Waals surface area contributed by atoms with Gasteiger partial charge in [-0.15, -0.1) is 10.2 Å². The fraction of sp³-hybridized carbons (Fsp3) is 0.0833. The molecule has 0 bridgehead atoms. The fourth-order valence-corrected chi connectivity index (χ4v) is 3.62. The number of benzene rings is 3. The van der Waals surface area contributed by atoms with Gasteiger partial charge in [-0.25, -0.2) is 0 Å². The summed E-state index contributed by atoms with van der Waals surface area (Å²) >= 11 is 0. The lowest BCUT2D eigenvalue weighted by molar-refractivity contribution is -0.384. The van der Waals surface area contributed by atoms with Gasteiger partial charge in [0.1, 0.15) is 12.4 Å². The van der Waals surface area contributed by atoms with E-state index in [1.165, 1.54) is 24.3 Å². The zero-order valence-corrected chi connectivity index (χ0v) is 18.0. The van der Waals surface area contributed by atoms with Gasteiger partial charge in [0.2, 0.25) is 0 Å². The highest BCUT2D eigenvalue weighted by atomic mass is 16.6. The van der Waals surface area contributed by atoms with E-state index in [4.69, 9.17) is 4.74 Å². The second kappa shape index (κ2) is 8.58. The number of aromatic nitrogens is 4. The number of fused-ring (bicyclic) bond motifs is 3. The van der Waals surface area contributed by atoms with Gasteiger partial charge in [-0.05, 0) is 37.3 Å². The molecule has 1 N–H and O–H groups in total. The molecule has 5 rings (SSSR count). The number of nitrogens with zero attached hydrogens (tertiary/aromatic N) is 5. The maximum Gasteiger partial charge on any atom is 0.270 e. The average molecular weight is 454 g/mol. The lowest BCUT2D eigenvalue weighted by Crippen LogP contribution is -2.12. The third-order valence-electron chi connectivity index (χ3n) is 5.31. The first-order chi connectivity index (χ1) is 16.5. The molecule has 0 saturated carbocycles. The number of ether oxygens (including phenoxy) is 1. The molecule has 3 aromatic carbocycles. The molecule has 5 aromatic rings. The average Bonchev–Trinajstić information content (AvgIpc) is 3.26. The summed E-state index contributed by atoms with van der Waals surface area (Å²) in [5, 5.41) is 28.7. The molecule has 0 unspecified atom stereocenters. The molecule has 0 radical (unpaired) electrons. The smallest absolute Gasteiger partial charge is 0.270 e. The minimum absolute atomic E-state index is 0.143. The van der Waals surface area contributed by atoms with Crippen molar-refractivity contribution in [3.63, 3.8) is 0 Å². The van der Waals surface area contributed by atoms with E-state index in [1.807, 2.05) is 31.2 Å². The Morgan fingerprint density at radius 2 is 1.79 bits per heavy atom. The van der Waals surface area contributed by atoms with Gasteiger partial charge in [-0.3, -0.25) is 14.9 Å². The topological polar surface area (TPSA) is 125 Å². The number of hydrogen-bond donors (Lipinski definition) is 1. The zero-order valence-electron chi connectivity index (χ0n) is 18.0. The summed E-state index contributed by atoms with van der Waals surface area (Å²) in [6, 6.07) is 20.2. The maximum atomic E-state index is 12.4. The van der Waals surface area contributed by atoms with Crippen molar-refractivity contribution in [2.75, 3.05) is 5.32 Å². The van der Waals surface area contributed by atoms with Gasteiger partial charge < -0.3 is 10.1 Å². The van der Waals surface area contributed by atoms with Gasteiger partial charge in [0.05, 0.1) is 10.6 Å². The van der Waals surface area contributed by atoms with Crippen molar-refractivity contribution < 1.29 is 14.5 Å². The number of nitrogens with one attached hydrogen (secondary N) is 1. The van der Waals surface area contributed by atoms with Crippen molar-refractivity contribution in [1.82, 2.24) is 19.8 Å². The Kier molecular flexibility index (Phi) is 5.30. The van der Waals surface area contributed by atoms with Crippen LogP contribution in [0.15, 0.2) is 72.8 Å². The molecule has 1 amide bonds. The summed E-state index contributed by atoms with van der Waals surface area (Å²) in [5.74, 6) is 0.690. The van der Waals surface area contributed by atoms with Gasteiger partial charge in [-0.1, -0.05) is 30.3 Å². The van der Waals surface area contributed by atoms with Crippen LogP contribution in [-0.4, -0.2) is 30.6 Å². The van der Waals surface area contributed by atoms with Gasteiger partial charge in [0.25, 0.3) is 11.6 Å². The van der Waals surface area contributed by atoms with Crippen LogP contribution in [0, 0.1) is 17.0 Å². The minimum atomic E-state index is -0.541. The van der Waals surface area contributed by atoms with Crippen molar-refractivity contribution in [1.29, 1.82) is 0 Å². The molecule has 2 aromatic heterocycles. The highest BCUT2D eigenvalue weighted by Gasteiger charge is 2.14. The highest BCUT2D eigenvalue weighted by molar-refractivity contribution is 6.04. The number of carbonyl (C=O) groups excluding carboxylic acids is 1. The third-order valence-corrected chi connectivity index (χ3v) is 5.31. The Morgan fingerprint density at radius 3 is 2.56 bits per heavy atom. The number of anilines is 1. The number of non-ortho nitro benzene ring substituents is 1. The molecule has 34 heavy (non-hydrogen) atoms. The highest BCUT2D eigenvalue weighted by Crippen LogP contribution is 2.22. The number of nitro groups is 1. The Bertz CT molecular complexity index is 1550. The normalized spacial score (nSPS) is 11.0. The quantitative estimate of drug-likeness (QED) is 0.299. The van der Waals surface area contributed by atoms with Gasteiger partial charge in [-0.2, -0.15) is 9.61 Å². The van der Waals surface area contributed by atoms with Crippen molar-refractivity contribution in [3.8, 4) is 5.75 Å². The number of nitro benzene ring substituents is 1. The van der Waals surface area contributed by atoms with Gasteiger partial charge in [0, 0.05) is 34.2 Å². The molecule has 0 atom stereocenters. The largest absolute Gasteiger partial charge is 0.486 e. The van der Waals surface area contributed by atoms with Crippen molar-refractivity contribution in [3.05, 3.63) is 100.0 Å². The van der Waals surface area contributed by atoms with E-state index in [-0.39, 0.29) is 17.9 Å². The maximum absolute atomic E-state index is 12.4. The Morgan fingerprint density at radius 1 is 1.03 bits per heavy atom. The lowest BCUT2D eigenvalue weighted by atomic mass is 10.1. The Labute approximate surface area is 193 Å². The fourth-order valence-electron chi connectivity index (χ4n) is 3.62. The van der Waals surface area contributed by atoms with E-state index in [9.17, 15) is 14.9 Å². The Hall–Kier alpha value is -4.86. The molecule has 168 valence electrons.